The van der Waals surface area contributed by atoms with E-state index in [4.69, 9.17) is 9.47 Å². The van der Waals surface area contributed by atoms with Gasteiger partial charge >= 0.3 is 5.97 Å². The minimum absolute atomic E-state index is 0.123. The summed E-state index contributed by atoms with van der Waals surface area (Å²) in [4.78, 5) is 43.1. The number of amides is 2. The largest absolute Gasteiger partial charge is 0.466 e. The van der Waals surface area contributed by atoms with Crippen LogP contribution in [-0.4, -0.2) is 65.7 Å². The normalized spacial score (nSPS) is 25.1. The third-order valence-corrected chi connectivity index (χ3v) is 7.05. The summed E-state index contributed by atoms with van der Waals surface area (Å²) >= 11 is 0. The van der Waals surface area contributed by atoms with Crippen molar-refractivity contribution in [1.82, 2.24) is 9.80 Å². The molecular weight excluding hydrogens is 408 g/mol. The van der Waals surface area contributed by atoms with Crippen LogP contribution in [0.1, 0.15) is 67.8 Å². The minimum atomic E-state index is -0.711. The number of aryl methyl sites for hydroxylation is 1. The molecule has 0 radical (unpaired) electrons. The first-order valence-electron chi connectivity index (χ1n) is 11.9. The monoisotopic (exact) mass is 442 g/mol. The Morgan fingerprint density at radius 1 is 1.09 bits per heavy atom. The predicted molar refractivity (Wildman–Crippen MR) is 119 cm³/mol. The number of rotatable bonds is 4. The molecule has 1 spiro atoms. The van der Waals surface area contributed by atoms with E-state index in [0.717, 1.165) is 50.5 Å². The zero-order chi connectivity index (χ0) is 22.7. The smallest absolute Gasteiger partial charge is 0.310 e. The summed E-state index contributed by atoms with van der Waals surface area (Å²) < 4.78 is 11.4. The van der Waals surface area contributed by atoms with Crippen molar-refractivity contribution in [3.8, 4) is 0 Å². The Hall–Kier alpha value is -2.41. The number of piperidine rings is 1. The van der Waals surface area contributed by atoms with Crippen LogP contribution >= 0.6 is 0 Å². The second kappa shape index (κ2) is 9.61. The van der Waals surface area contributed by atoms with Gasteiger partial charge in [0.15, 0.2) is 0 Å². The number of hydrogen-bond donors (Lipinski definition) is 0. The molecule has 1 aliphatic carbocycles. The maximum atomic E-state index is 13.7. The summed E-state index contributed by atoms with van der Waals surface area (Å²) in [5.41, 5.74) is 0.945. The topological polar surface area (TPSA) is 76.2 Å². The van der Waals surface area contributed by atoms with E-state index in [-0.39, 0.29) is 30.3 Å². The Kier molecular flexibility index (Phi) is 6.84. The lowest BCUT2D eigenvalue weighted by molar-refractivity contribution is -0.152. The van der Waals surface area contributed by atoms with Gasteiger partial charge in [0.05, 0.1) is 19.1 Å². The molecule has 32 heavy (non-hydrogen) atoms. The fourth-order valence-electron chi connectivity index (χ4n) is 5.34. The first-order chi connectivity index (χ1) is 15.4. The molecule has 2 amide bonds. The molecule has 1 aromatic rings. The summed E-state index contributed by atoms with van der Waals surface area (Å²) in [6, 6.07) is 6.83. The lowest BCUT2D eigenvalue weighted by Crippen LogP contribution is -2.58. The van der Waals surface area contributed by atoms with Crippen molar-refractivity contribution < 1.29 is 23.9 Å². The van der Waals surface area contributed by atoms with E-state index in [1.165, 1.54) is 0 Å². The van der Waals surface area contributed by atoms with Gasteiger partial charge in [0.1, 0.15) is 11.8 Å². The maximum absolute atomic E-state index is 13.7. The van der Waals surface area contributed by atoms with Crippen LogP contribution in [0.2, 0.25) is 0 Å². The number of nitrogens with zero attached hydrogens (tertiary/aromatic N) is 2. The molecule has 0 aromatic heterocycles. The molecule has 4 rings (SSSR count). The van der Waals surface area contributed by atoms with E-state index in [0.29, 0.717) is 25.3 Å². The number of hydrogen-bond acceptors (Lipinski definition) is 5. The zero-order valence-corrected chi connectivity index (χ0v) is 19.2. The highest BCUT2D eigenvalue weighted by molar-refractivity contribution is 5.98. The molecule has 3 aliphatic rings. The second-order valence-electron chi connectivity index (χ2n) is 9.25. The molecule has 2 atom stereocenters. The van der Waals surface area contributed by atoms with Gasteiger partial charge in [-0.25, -0.2) is 0 Å². The van der Waals surface area contributed by atoms with Gasteiger partial charge in [-0.1, -0.05) is 24.1 Å². The van der Waals surface area contributed by atoms with Crippen LogP contribution in [-0.2, 0) is 19.1 Å². The predicted octanol–water partition coefficient (Wildman–Crippen LogP) is 3.30. The van der Waals surface area contributed by atoms with Gasteiger partial charge in [-0.15, -0.1) is 0 Å². The molecule has 3 fully saturated rings. The number of likely N-dealkylation sites (tertiary alicyclic amines) is 1. The average molecular weight is 443 g/mol. The molecule has 2 saturated heterocycles. The fourth-order valence-corrected chi connectivity index (χ4v) is 5.34. The van der Waals surface area contributed by atoms with Gasteiger partial charge in [0, 0.05) is 18.7 Å². The standard InChI is InChI=1S/C25H34N2O5/c1-3-31-24(30)20-8-7-15-26(16-20)23(29)21-17-32-25(13-5-4-6-14-25)27(21)22(28)19-11-9-18(2)10-12-19/h9-12,20-21H,3-8,13-17H2,1-2H3. The van der Waals surface area contributed by atoms with Crippen molar-refractivity contribution in [2.45, 2.75) is 70.6 Å². The third kappa shape index (κ3) is 4.40. The quantitative estimate of drug-likeness (QED) is 0.669. The van der Waals surface area contributed by atoms with E-state index in [1.807, 2.05) is 31.2 Å². The number of benzene rings is 1. The van der Waals surface area contributed by atoms with Gasteiger partial charge < -0.3 is 14.4 Å². The maximum Gasteiger partial charge on any atom is 0.310 e. The molecule has 1 aromatic carbocycles. The second-order valence-corrected chi connectivity index (χ2v) is 9.25. The van der Waals surface area contributed by atoms with Crippen LogP contribution in [0.5, 0.6) is 0 Å². The Morgan fingerprint density at radius 2 is 1.81 bits per heavy atom. The van der Waals surface area contributed by atoms with E-state index in [1.54, 1.807) is 16.7 Å². The molecule has 0 N–H and O–H groups in total. The molecule has 7 nitrogen and oxygen atoms in total. The van der Waals surface area contributed by atoms with Crippen LogP contribution in [0.3, 0.4) is 0 Å². The van der Waals surface area contributed by atoms with Gasteiger partial charge in [0.2, 0.25) is 5.91 Å². The fraction of sp³-hybridized carbons (Fsp3) is 0.640. The van der Waals surface area contributed by atoms with Crippen molar-refractivity contribution in [3.63, 3.8) is 0 Å². The van der Waals surface area contributed by atoms with E-state index in [9.17, 15) is 14.4 Å². The van der Waals surface area contributed by atoms with Crippen LogP contribution < -0.4 is 0 Å². The summed E-state index contributed by atoms with van der Waals surface area (Å²) in [5, 5.41) is 0. The lowest BCUT2D eigenvalue weighted by Gasteiger charge is -2.42. The van der Waals surface area contributed by atoms with Crippen molar-refractivity contribution >= 4 is 17.8 Å². The lowest BCUT2D eigenvalue weighted by atomic mass is 9.89. The van der Waals surface area contributed by atoms with Crippen molar-refractivity contribution in [2.24, 2.45) is 5.92 Å². The summed E-state index contributed by atoms with van der Waals surface area (Å²) in [5.74, 6) is -0.826. The van der Waals surface area contributed by atoms with Gasteiger partial charge in [0.25, 0.3) is 5.91 Å². The third-order valence-electron chi connectivity index (χ3n) is 7.05. The van der Waals surface area contributed by atoms with E-state index < -0.39 is 11.8 Å². The van der Waals surface area contributed by atoms with Gasteiger partial charge in [-0.3, -0.25) is 19.3 Å². The summed E-state index contributed by atoms with van der Waals surface area (Å²) in [7, 11) is 0. The molecule has 2 aliphatic heterocycles. The summed E-state index contributed by atoms with van der Waals surface area (Å²) in [6.07, 6.45) is 6.04. The minimum Gasteiger partial charge on any atom is -0.466 e. The number of ether oxygens (including phenoxy) is 2. The highest BCUT2D eigenvalue weighted by Crippen LogP contribution is 2.42. The first kappa shape index (κ1) is 22.8. The van der Waals surface area contributed by atoms with Crippen molar-refractivity contribution in [3.05, 3.63) is 35.4 Å². The van der Waals surface area contributed by atoms with Gasteiger partial charge in [-0.05, 0) is 64.5 Å². The Balaban J connectivity index is 1.58. The Morgan fingerprint density at radius 3 is 2.50 bits per heavy atom. The molecule has 2 unspecified atom stereocenters. The van der Waals surface area contributed by atoms with Crippen LogP contribution in [0.15, 0.2) is 24.3 Å². The Labute approximate surface area is 190 Å². The molecule has 1 saturated carbocycles. The first-order valence-corrected chi connectivity index (χ1v) is 11.9. The van der Waals surface area contributed by atoms with Crippen LogP contribution in [0, 0.1) is 12.8 Å². The number of esters is 1. The van der Waals surface area contributed by atoms with Gasteiger partial charge in [-0.2, -0.15) is 0 Å². The molecule has 174 valence electrons. The van der Waals surface area contributed by atoms with E-state index >= 15 is 0 Å². The van der Waals surface area contributed by atoms with E-state index in [2.05, 4.69) is 0 Å². The Bertz CT molecular complexity index is 846. The van der Waals surface area contributed by atoms with Crippen LogP contribution in [0.4, 0.5) is 0 Å². The summed E-state index contributed by atoms with van der Waals surface area (Å²) in [6.45, 7) is 5.24. The van der Waals surface area contributed by atoms with Crippen molar-refractivity contribution in [1.29, 1.82) is 0 Å². The average Bonchev–Trinajstić information content (AvgIpc) is 3.17. The molecule has 0 bridgehead atoms. The number of carbonyl (C=O) groups excluding carboxylic acids is 3. The SMILES string of the molecule is CCOC(=O)C1CCCN(C(=O)C2COC3(CCCCC3)N2C(=O)c2ccc(C)cc2)C1. The van der Waals surface area contributed by atoms with Crippen LogP contribution in [0.25, 0.3) is 0 Å². The molecule has 2 heterocycles. The highest BCUT2D eigenvalue weighted by Gasteiger charge is 2.54. The highest BCUT2D eigenvalue weighted by atomic mass is 16.5. The number of carbonyl (C=O) groups is 3. The zero-order valence-electron chi connectivity index (χ0n) is 19.2. The molecular formula is C25H34N2O5. The van der Waals surface area contributed by atoms with Crippen molar-refractivity contribution in [2.75, 3.05) is 26.3 Å². The molecule has 7 heteroatoms.